The Morgan fingerprint density at radius 3 is 2.50 bits per heavy atom. The molecule has 0 saturated carbocycles. The SMILES string of the molecule is CC(C)(CNC(=O)c1ccc(F)cc1Br)NS(C)(=O)=O. The molecule has 0 radical (unpaired) electrons. The van der Waals surface area contributed by atoms with Crippen LogP contribution in [0.15, 0.2) is 22.7 Å². The van der Waals surface area contributed by atoms with Gasteiger partial charge in [-0.2, -0.15) is 0 Å². The number of carbonyl (C=O) groups is 1. The number of hydrogen-bond donors (Lipinski definition) is 2. The van der Waals surface area contributed by atoms with Gasteiger partial charge in [0.05, 0.1) is 11.8 Å². The Morgan fingerprint density at radius 1 is 1.40 bits per heavy atom. The number of rotatable bonds is 5. The second-order valence-corrected chi connectivity index (χ2v) is 7.67. The van der Waals surface area contributed by atoms with E-state index < -0.39 is 27.3 Å². The van der Waals surface area contributed by atoms with Crippen molar-refractivity contribution in [1.29, 1.82) is 0 Å². The number of hydrogen-bond acceptors (Lipinski definition) is 3. The van der Waals surface area contributed by atoms with Crippen LogP contribution in [0.25, 0.3) is 0 Å². The van der Waals surface area contributed by atoms with Gasteiger partial charge in [0, 0.05) is 16.6 Å². The lowest BCUT2D eigenvalue weighted by Gasteiger charge is -2.25. The molecule has 5 nitrogen and oxygen atoms in total. The van der Waals surface area contributed by atoms with Gasteiger partial charge in [0.1, 0.15) is 5.82 Å². The van der Waals surface area contributed by atoms with Gasteiger partial charge in [0.2, 0.25) is 10.0 Å². The van der Waals surface area contributed by atoms with Gasteiger partial charge in [-0.15, -0.1) is 0 Å². The number of benzene rings is 1. The average Bonchev–Trinajstić information content (AvgIpc) is 2.22. The summed E-state index contributed by atoms with van der Waals surface area (Å²) in [6.07, 6.45) is 1.05. The smallest absolute Gasteiger partial charge is 0.252 e. The molecule has 0 spiro atoms. The molecule has 0 saturated heterocycles. The molecule has 0 atom stereocenters. The first-order chi connectivity index (χ1) is 9.00. The Hall–Kier alpha value is -0.990. The number of halogens is 2. The van der Waals surface area contributed by atoms with E-state index in [0.717, 1.165) is 6.26 Å². The third kappa shape index (κ3) is 5.56. The zero-order chi connectivity index (χ0) is 15.6. The van der Waals surface area contributed by atoms with Crippen LogP contribution in [0.1, 0.15) is 24.2 Å². The van der Waals surface area contributed by atoms with Crippen LogP contribution in [0.5, 0.6) is 0 Å². The topological polar surface area (TPSA) is 75.3 Å². The van der Waals surface area contributed by atoms with Gasteiger partial charge in [-0.3, -0.25) is 4.79 Å². The molecule has 0 aliphatic carbocycles. The zero-order valence-electron chi connectivity index (χ0n) is 11.3. The van der Waals surface area contributed by atoms with Crippen molar-refractivity contribution in [2.75, 3.05) is 12.8 Å². The van der Waals surface area contributed by atoms with Crippen LogP contribution in [0, 0.1) is 5.82 Å². The van der Waals surface area contributed by atoms with Crippen molar-refractivity contribution in [3.8, 4) is 0 Å². The lowest BCUT2D eigenvalue weighted by Crippen LogP contribution is -2.51. The second kappa shape index (κ2) is 6.19. The van der Waals surface area contributed by atoms with Gasteiger partial charge < -0.3 is 5.32 Å². The van der Waals surface area contributed by atoms with Gasteiger partial charge in [-0.25, -0.2) is 17.5 Å². The molecule has 112 valence electrons. The lowest BCUT2D eigenvalue weighted by atomic mass is 10.1. The molecule has 0 fully saturated rings. The van der Waals surface area contributed by atoms with E-state index >= 15 is 0 Å². The van der Waals surface area contributed by atoms with Crippen LogP contribution in [0.2, 0.25) is 0 Å². The molecule has 1 amide bonds. The minimum atomic E-state index is -3.37. The maximum absolute atomic E-state index is 12.9. The summed E-state index contributed by atoms with van der Waals surface area (Å²) in [6, 6.07) is 3.72. The molecule has 0 aliphatic heterocycles. The molecular weight excluding hydrogens is 351 g/mol. The molecule has 0 unspecified atom stereocenters. The van der Waals surface area contributed by atoms with Crippen molar-refractivity contribution in [2.45, 2.75) is 19.4 Å². The highest BCUT2D eigenvalue weighted by molar-refractivity contribution is 9.10. The molecule has 8 heteroatoms. The maximum atomic E-state index is 12.9. The molecule has 1 rings (SSSR count). The summed E-state index contributed by atoms with van der Waals surface area (Å²) in [7, 11) is -3.37. The van der Waals surface area contributed by atoms with E-state index in [0.29, 0.717) is 4.47 Å². The summed E-state index contributed by atoms with van der Waals surface area (Å²) in [5.74, 6) is -0.868. The van der Waals surface area contributed by atoms with Gasteiger partial charge in [-0.1, -0.05) is 0 Å². The quantitative estimate of drug-likeness (QED) is 0.831. The van der Waals surface area contributed by atoms with Gasteiger partial charge in [-0.05, 0) is 48.0 Å². The molecule has 0 heterocycles. The summed E-state index contributed by atoms with van der Waals surface area (Å²) < 4.78 is 38.0. The Labute approximate surface area is 126 Å². The second-order valence-electron chi connectivity index (χ2n) is 5.06. The molecule has 20 heavy (non-hydrogen) atoms. The van der Waals surface area contributed by atoms with Crippen molar-refractivity contribution >= 4 is 31.9 Å². The Morgan fingerprint density at radius 2 is 2.00 bits per heavy atom. The predicted molar refractivity (Wildman–Crippen MR) is 78.5 cm³/mol. The van der Waals surface area contributed by atoms with Crippen LogP contribution < -0.4 is 10.0 Å². The van der Waals surface area contributed by atoms with Crippen LogP contribution >= 0.6 is 15.9 Å². The monoisotopic (exact) mass is 366 g/mol. The van der Waals surface area contributed by atoms with E-state index in [1.54, 1.807) is 13.8 Å². The maximum Gasteiger partial charge on any atom is 0.252 e. The third-order valence-corrected chi connectivity index (χ3v) is 3.91. The Bertz CT molecular complexity index is 617. The van der Waals surface area contributed by atoms with Crippen LogP contribution in [-0.2, 0) is 10.0 Å². The number of sulfonamides is 1. The molecule has 0 bridgehead atoms. The van der Waals surface area contributed by atoms with Crippen molar-refractivity contribution < 1.29 is 17.6 Å². The molecule has 0 aromatic heterocycles. The minimum absolute atomic E-state index is 0.0999. The number of nitrogens with one attached hydrogen (secondary N) is 2. The highest BCUT2D eigenvalue weighted by Gasteiger charge is 2.23. The first-order valence-corrected chi connectivity index (χ1v) is 8.41. The summed E-state index contributed by atoms with van der Waals surface area (Å²) in [6.45, 7) is 3.39. The highest BCUT2D eigenvalue weighted by atomic mass is 79.9. The number of amides is 1. The van der Waals surface area contributed by atoms with E-state index in [-0.39, 0.29) is 12.1 Å². The lowest BCUT2D eigenvalue weighted by molar-refractivity contribution is 0.0943. The molecule has 1 aromatic carbocycles. The summed E-state index contributed by atoms with van der Waals surface area (Å²) in [5.41, 5.74) is -0.544. The molecule has 2 N–H and O–H groups in total. The summed E-state index contributed by atoms with van der Waals surface area (Å²) in [4.78, 5) is 11.9. The van der Waals surface area contributed by atoms with Gasteiger partial charge >= 0.3 is 0 Å². The van der Waals surface area contributed by atoms with Crippen molar-refractivity contribution in [3.63, 3.8) is 0 Å². The fourth-order valence-electron chi connectivity index (χ4n) is 1.61. The van der Waals surface area contributed by atoms with E-state index in [4.69, 9.17) is 0 Å². The highest BCUT2D eigenvalue weighted by Crippen LogP contribution is 2.18. The fraction of sp³-hybridized carbons (Fsp3) is 0.417. The summed E-state index contributed by atoms with van der Waals surface area (Å²) >= 11 is 3.10. The first-order valence-electron chi connectivity index (χ1n) is 5.72. The van der Waals surface area contributed by atoms with E-state index in [1.165, 1.54) is 18.2 Å². The predicted octanol–water partition coefficient (Wildman–Crippen LogP) is 1.65. The van der Waals surface area contributed by atoms with E-state index in [2.05, 4.69) is 26.0 Å². The normalized spacial score (nSPS) is 12.2. The Kier molecular flexibility index (Phi) is 5.28. The molecular formula is C12H16BrFN2O3S. The zero-order valence-corrected chi connectivity index (χ0v) is 13.7. The molecule has 1 aromatic rings. The van der Waals surface area contributed by atoms with Crippen molar-refractivity contribution in [3.05, 3.63) is 34.1 Å². The van der Waals surface area contributed by atoms with Gasteiger partial charge in [0.15, 0.2) is 0 Å². The largest absolute Gasteiger partial charge is 0.350 e. The molecule has 0 aliphatic rings. The first kappa shape index (κ1) is 17.1. The van der Waals surface area contributed by atoms with Crippen LogP contribution in [-0.4, -0.2) is 32.7 Å². The van der Waals surface area contributed by atoms with Crippen LogP contribution in [0.3, 0.4) is 0 Å². The third-order valence-electron chi connectivity index (χ3n) is 2.33. The van der Waals surface area contributed by atoms with Crippen LogP contribution in [0.4, 0.5) is 4.39 Å². The van der Waals surface area contributed by atoms with E-state index in [9.17, 15) is 17.6 Å². The van der Waals surface area contributed by atoms with E-state index in [1.807, 2.05) is 0 Å². The minimum Gasteiger partial charge on any atom is -0.350 e. The standard InChI is InChI=1S/C12H16BrFN2O3S/c1-12(2,16-20(3,18)19)7-15-11(17)9-5-4-8(14)6-10(9)13/h4-6,16H,7H2,1-3H3,(H,15,17). The average molecular weight is 367 g/mol. The number of carbonyl (C=O) groups excluding carboxylic acids is 1. The van der Waals surface area contributed by atoms with Crippen molar-refractivity contribution in [1.82, 2.24) is 10.0 Å². The Balaban J connectivity index is 2.72. The fourth-order valence-corrected chi connectivity index (χ4v) is 3.21. The van der Waals surface area contributed by atoms with Gasteiger partial charge in [0.25, 0.3) is 5.91 Å². The van der Waals surface area contributed by atoms with Crippen molar-refractivity contribution in [2.24, 2.45) is 0 Å². The summed E-state index contributed by atoms with van der Waals surface area (Å²) in [5, 5.41) is 2.60.